The van der Waals surface area contributed by atoms with Gasteiger partial charge in [0.15, 0.2) is 0 Å². The van der Waals surface area contributed by atoms with E-state index in [9.17, 15) is 13.2 Å². The van der Waals surface area contributed by atoms with Crippen LogP contribution in [-0.2, 0) is 16.6 Å². The minimum Gasteiger partial charge on any atom is -0.334 e. The van der Waals surface area contributed by atoms with E-state index >= 15 is 0 Å². The number of hydrogen-bond donors (Lipinski definition) is 2. The SMILES string of the molecule is O=C(NCc1cccnc1)Nc1ccccc1S(=O)(=O)N1CCCCC1. The Labute approximate surface area is 153 Å². The van der Waals surface area contributed by atoms with Crippen LogP contribution in [0.1, 0.15) is 24.8 Å². The van der Waals surface area contributed by atoms with Crippen LogP contribution in [0, 0.1) is 0 Å². The zero-order chi connectivity index (χ0) is 18.4. The van der Waals surface area contributed by atoms with E-state index in [2.05, 4.69) is 15.6 Å². The molecule has 2 aromatic rings. The number of amides is 2. The zero-order valence-electron chi connectivity index (χ0n) is 14.4. The summed E-state index contributed by atoms with van der Waals surface area (Å²) in [5.41, 5.74) is 1.14. The first-order chi connectivity index (χ1) is 12.6. The van der Waals surface area contributed by atoms with Crippen molar-refractivity contribution < 1.29 is 13.2 Å². The molecule has 2 N–H and O–H groups in total. The summed E-state index contributed by atoms with van der Waals surface area (Å²) >= 11 is 0. The maximum atomic E-state index is 12.9. The third kappa shape index (κ3) is 4.39. The molecule has 1 aliphatic rings. The van der Waals surface area contributed by atoms with Crippen molar-refractivity contribution in [1.29, 1.82) is 0 Å². The van der Waals surface area contributed by atoms with E-state index < -0.39 is 16.1 Å². The summed E-state index contributed by atoms with van der Waals surface area (Å²) < 4.78 is 27.3. The summed E-state index contributed by atoms with van der Waals surface area (Å²) in [4.78, 5) is 16.3. The lowest BCUT2D eigenvalue weighted by atomic mass is 10.2. The molecule has 0 bridgehead atoms. The monoisotopic (exact) mass is 374 g/mol. The molecule has 2 heterocycles. The van der Waals surface area contributed by atoms with Crippen molar-refractivity contribution in [2.24, 2.45) is 0 Å². The van der Waals surface area contributed by atoms with Gasteiger partial charge in [-0.05, 0) is 36.6 Å². The van der Waals surface area contributed by atoms with Crippen LogP contribution in [-0.4, -0.2) is 36.8 Å². The Morgan fingerprint density at radius 1 is 1.08 bits per heavy atom. The summed E-state index contributed by atoms with van der Waals surface area (Å²) in [6.07, 6.45) is 6.09. The molecule has 3 rings (SSSR count). The minimum atomic E-state index is -3.62. The predicted molar refractivity (Wildman–Crippen MR) is 99.1 cm³/mol. The Kier molecular flexibility index (Phi) is 5.85. The normalized spacial score (nSPS) is 15.4. The molecular weight excluding hydrogens is 352 g/mol. The minimum absolute atomic E-state index is 0.124. The van der Waals surface area contributed by atoms with Crippen LogP contribution in [0.2, 0.25) is 0 Å². The van der Waals surface area contributed by atoms with E-state index in [-0.39, 0.29) is 10.6 Å². The topological polar surface area (TPSA) is 91.4 Å². The number of anilines is 1. The van der Waals surface area contributed by atoms with Gasteiger partial charge in [0.1, 0.15) is 4.90 Å². The van der Waals surface area contributed by atoms with E-state index in [1.54, 1.807) is 36.7 Å². The fraction of sp³-hybridized carbons (Fsp3) is 0.333. The van der Waals surface area contributed by atoms with Crippen LogP contribution in [0.15, 0.2) is 53.7 Å². The molecule has 0 saturated carbocycles. The number of urea groups is 1. The van der Waals surface area contributed by atoms with Crippen molar-refractivity contribution in [3.8, 4) is 0 Å². The second kappa shape index (κ2) is 8.29. The second-order valence-electron chi connectivity index (χ2n) is 6.13. The second-order valence-corrected chi connectivity index (χ2v) is 8.04. The summed E-state index contributed by atoms with van der Waals surface area (Å²) in [7, 11) is -3.62. The number of sulfonamides is 1. The Morgan fingerprint density at radius 3 is 2.58 bits per heavy atom. The number of nitrogens with zero attached hydrogens (tertiary/aromatic N) is 2. The predicted octanol–water partition coefficient (Wildman–Crippen LogP) is 2.58. The third-order valence-corrected chi connectivity index (χ3v) is 6.20. The number of aromatic nitrogens is 1. The molecular formula is C18H22N4O3S. The summed E-state index contributed by atoms with van der Waals surface area (Å²) in [6.45, 7) is 1.34. The summed E-state index contributed by atoms with van der Waals surface area (Å²) in [6, 6.07) is 9.66. The number of pyridine rings is 1. The molecule has 1 aliphatic heterocycles. The van der Waals surface area contributed by atoms with Crippen LogP contribution in [0.3, 0.4) is 0 Å². The standard InChI is InChI=1S/C18H22N4O3S/c23-18(20-14-15-7-6-10-19-13-15)21-16-8-2-3-9-17(16)26(24,25)22-11-4-1-5-12-22/h2-3,6-10,13H,1,4-5,11-12,14H2,(H2,20,21,23). The van der Waals surface area contributed by atoms with Crippen LogP contribution in [0.4, 0.5) is 10.5 Å². The molecule has 1 saturated heterocycles. The first-order valence-corrected chi connectivity index (χ1v) is 10.0. The molecule has 0 atom stereocenters. The Balaban J connectivity index is 1.71. The highest BCUT2D eigenvalue weighted by Gasteiger charge is 2.28. The van der Waals surface area contributed by atoms with Gasteiger partial charge in [0.05, 0.1) is 5.69 Å². The molecule has 1 fully saturated rings. The maximum absolute atomic E-state index is 12.9. The Morgan fingerprint density at radius 2 is 1.85 bits per heavy atom. The van der Waals surface area contributed by atoms with Crippen LogP contribution >= 0.6 is 0 Å². The van der Waals surface area contributed by atoms with Crippen molar-refractivity contribution in [1.82, 2.24) is 14.6 Å². The number of carbonyl (C=O) groups excluding carboxylic acids is 1. The summed E-state index contributed by atoms with van der Waals surface area (Å²) in [5.74, 6) is 0. The van der Waals surface area contributed by atoms with Gasteiger partial charge < -0.3 is 10.6 Å². The first-order valence-electron chi connectivity index (χ1n) is 8.60. The van der Waals surface area contributed by atoms with Crippen molar-refractivity contribution >= 4 is 21.7 Å². The van der Waals surface area contributed by atoms with Crippen LogP contribution < -0.4 is 10.6 Å². The van der Waals surface area contributed by atoms with Gasteiger partial charge in [-0.25, -0.2) is 13.2 Å². The summed E-state index contributed by atoms with van der Waals surface area (Å²) in [5, 5.41) is 5.36. The Hall–Kier alpha value is -2.45. The maximum Gasteiger partial charge on any atom is 0.319 e. The first kappa shape index (κ1) is 18.3. The molecule has 138 valence electrons. The van der Waals surface area contributed by atoms with Gasteiger partial charge in [-0.15, -0.1) is 0 Å². The van der Waals surface area contributed by atoms with Gasteiger partial charge in [-0.3, -0.25) is 4.98 Å². The molecule has 8 heteroatoms. The molecule has 0 spiro atoms. The molecule has 2 amide bonds. The van der Waals surface area contributed by atoms with Crippen molar-refractivity contribution in [3.05, 3.63) is 54.4 Å². The fourth-order valence-corrected chi connectivity index (χ4v) is 4.56. The van der Waals surface area contributed by atoms with Crippen molar-refractivity contribution in [2.45, 2.75) is 30.7 Å². The van der Waals surface area contributed by atoms with Crippen molar-refractivity contribution in [2.75, 3.05) is 18.4 Å². The van der Waals surface area contributed by atoms with E-state index in [4.69, 9.17) is 0 Å². The van der Waals surface area contributed by atoms with E-state index in [1.807, 2.05) is 6.07 Å². The van der Waals surface area contributed by atoms with E-state index in [0.29, 0.717) is 19.6 Å². The van der Waals surface area contributed by atoms with Crippen molar-refractivity contribution in [3.63, 3.8) is 0 Å². The van der Waals surface area contributed by atoms with Gasteiger partial charge >= 0.3 is 6.03 Å². The molecule has 1 aromatic heterocycles. The lowest BCUT2D eigenvalue weighted by Gasteiger charge is -2.26. The average Bonchev–Trinajstić information content (AvgIpc) is 2.68. The number of rotatable bonds is 5. The molecule has 0 radical (unpaired) electrons. The van der Waals surface area contributed by atoms with Crippen LogP contribution in [0.25, 0.3) is 0 Å². The van der Waals surface area contributed by atoms with Crippen LogP contribution in [0.5, 0.6) is 0 Å². The molecule has 7 nitrogen and oxygen atoms in total. The average molecular weight is 374 g/mol. The number of piperidine rings is 1. The lowest BCUT2D eigenvalue weighted by Crippen LogP contribution is -2.36. The molecule has 0 unspecified atom stereocenters. The van der Waals surface area contributed by atoms with Gasteiger partial charge in [0.2, 0.25) is 10.0 Å². The van der Waals surface area contributed by atoms with E-state index in [1.165, 1.54) is 10.4 Å². The van der Waals surface area contributed by atoms with Gasteiger partial charge in [-0.2, -0.15) is 4.31 Å². The van der Waals surface area contributed by atoms with E-state index in [0.717, 1.165) is 24.8 Å². The third-order valence-electron chi connectivity index (χ3n) is 4.24. The number of hydrogen-bond acceptors (Lipinski definition) is 4. The number of carbonyl (C=O) groups is 1. The quantitative estimate of drug-likeness (QED) is 0.841. The fourth-order valence-electron chi connectivity index (χ4n) is 2.89. The highest BCUT2D eigenvalue weighted by molar-refractivity contribution is 7.89. The molecule has 26 heavy (non-hydrogen) atoms. The number of nitrogens with one attached hydrogen (secondary N) is 2. The van der Waals surface area contributed by atoms with Gasteiger partial charge in [0, 0.05) is 32.0 Å². The highest BCUT2D eigenvalue weighted by atomic mass is 32.2. The van der Waals surface area contributed by atoms with Gasteiger partial charge in [-0.1, -0.05) is 24.6 Å². The smallest absolute Gasteiger partial charge is 0.319 e. The largest absolute Gasteiger partial charge is 0.334 e. The highest BCUT2D eigenvalue weighted by Crippen LogP contribution is 2.26. The number of benzene rings is 1. The zero-order valence-corrected chi connectivity index (χ0v) is 15.2. The molecule has 0 aliphatic carbocycles. The van der Waals surface area contributed by atoms with Gasteiger partial charge in [0.25, 0.3) is 0 Å². The number of para-hydroxylation sites is 1. The lowest BCUT2D eigenvalue weighted by molar-refractivity contribution is 0.251. The Bertz CT molecular complexity index is 850. The molecule has 1 aromatic carbocycles.